The predicted molar refractivity (Wildman–Crippen MR) is 57.4 cm³/mol. The lowest BCUT2D eigenvalue weighted by molar-refractivity contribution is 0.0150. The maximum Gasteiger partial charge on any atom is 0.0601 e. The Bertz CT molecular complexity index is 184. The highest BCUT2D eigenvalue weighted by atomic mass is 16.5. The van der Waals surface area contributed by atoms with E-state index in [1.807, 2.05) is 7.11 Å². The van der Waals surface area contributed by atoms with Gasteiger partial charge in [0.2, 0.25) is 0 Å². The molecule has 0 amide bonds. The van der Waals surface area contributed by atoms with Crippen LogP contribution in [-0.2, 0) is 4.74 Å². The minimum atomic E-state index is 0.484. The first-order chi connectivity index (χ1) is 6.72. The largest absolute Gasteiger partial charge is 0.381 e. The zero-order valence-corrected chi connectivity index (χ0v) is 9.31. The Labute approximate surface area is 86.6 Å². The first-order valence-corrected chi connectivity index (χ1v) is 5.69. The van der Waals surface area contributed by atoms with Crippen molar-refractivity contribution in [1.29, 1.82) is 0 Å². The lowest BCUT2D eigenvalue weighted by atomic mass is 9.85. The molecule has 1 saturated heterocycles. The van der Waals surface area contributed by atoms with E-state index in [0.29, 0.717) is 17.6 Å². The Morgan fingerprint density at radius 2 is 2.29 bits per heavy atom. The van der Waals surface area contributed by atoms with Gasteiger partial charge in [-0.15, -0.1) is 0 Å². The first-order valence-electron chi connectivity index (χ1n) is 5.69. The minimum Gasteiger partial charge on any atom is -0.381 e. The van der Waals surface area contributed by atoms with Crippen LogP contribution in [0.25, 0.3) is 0 Å². The van der Waals surface area contributed by atoms with E-state index >= 15 is 0 Å². The van der Waals surface area contributed by atoms with E-state index in [1.54, 1.807) is 0 Å². The molecule has 1 aliphatic carbocycles. The molecule has 2 aliphatic rings. The SMILES string of the molecule is COC1CC(NCC2(C)CCNC2)C1. The fourth-order valence-electron chi connectivity index (χ4n) is 2.34. The molecule has 14 heavy (non-hydrogen) atoms. The third-order valence-electron chi connectivity index (χ3n) is 3.70. The zero-order valence-electron chi connectivity index (χ0n) is 9.31. The number of nitrogens with one attached hydrogen (secondary N) is 2. The van der Waals surface area contributed by atoms with E-state index in [-0.39, 0.29) is 0 Å². The summed E-state index contributed by atoms with van der Waals surface area (Å²) in [5, 5.41) is 7.07. The van der Waals surface area contributed by atoms with Gasteiger partial charge < -0.3 is 15.4 Å². The fourth-order valence-corrected chi connectivity index (χ4v) is 2.34. The van der Waals surface area contributed by atoms with Crippen molar-refractivity contribution in [2.75, 3.05) is 26.7 Å². The fraction of sp³-hybridized carbons (Fsp3) is 1.00. The van der Waals surface area contributed by atoms with Crippen molar-refractivity contribution in [3.05, 3.63) is 0 Å². The van der Waals surface area contributed by atoms with Gasteiger partial charge in [-0.3, -0.25) is 0 Å². The lowest BCUT2D eigenvalue weighted by Gasteiger charge is -2.37. The molecular formula is C11H22N2O. The molecule has 2 fully saturated rings. The highest BCUT2D eigenvalue weighted by Gasteiger charge is 2.33. The molecule has 0 aromatic carbocycles. The highest BCUT2D eigenvalue weighted by Crippen LogP contribution is 2.26. The summed E-state index contributed by atoms with van der Waals surface area (Å²) in [5.74, 6) is 0. The van der Waals surface area contributed by atoms with Crippen LogP contribution < -0.4 is 10.6 Å². The molecular weight excluding hydrogens is 176 g/mol. The minimum absolute atomic E-state index is 0.484. The van der Waals surface area contributed by atoms with Crippen molar-refractivity contribution in [1.82, 2.24) is 10.6 Å². The summed E-state index contributed by atoms with van der Waals surface area (Å²) < 4.78 is 5.26. The molecule has 0 aromatic rings. The van der Waals surface area contributed by atoms with Crippen LogP contribution in [-0.4, -0.2) is 38.9 Å². The predicted octanol–water partition coefficient (Wildman–Crippen LogP) is 0.753. The van der Waals surface area contributed by atoms with Gasteiger partial charge in [-0.2, -0.15) is 0 Å². The van der Waals surface area contributed by atoms with Crippen LogP contribution in [0, 0.1) is 5.41 Å². The molecule has 1 atom stereocenters. The summed E-state index contributed by atoms with van der Waals surface area (Å²) in [4.78, 5) is 0. The molecule has 0 aromatic heterocycles. The Morgan fingerprint density at radius 1 is 1.50 bits per heavy atom. The Kier molecular flexibility index (Phi) is 3.10. The summed E-state index contributed by atoms with van der Waals surface area (Å²) in [6, 6.07) is 0.706. The van der Waals surface area contributed by atoms with E-state index in [1.165, 1.54) is 32.4 Å². The first kappa shape index (κ1) is 10.4. The van der Waals surface area contributed by atoms with Gasteiger partial charge in [0, 0.05) is 26.2 Å². The number of ether oxygens (including phenoxy) is 1. The van der Waals surface area contributed by atoms with Gasteiger partial charge in [0.05, 0.1) is 6.10 Å². The van der Waals surface area contributed by atoms with Crippen molar-refractivity contribution < 1.29 is 4.74 Å². The third kappa shape index (κ3) is 2.27. The molecule has 3 heteroatoms. The summed E-state index contributed by atoms with van der Waals surface area (Å²) >= 11 is 0. The Balaban J connectivity index is 1.63. The monoisotopic (exact) mass is 198 g/mol. The van der Waals surface area contributed by atoms with Gasteiger partial charge in [0.15, 0.2) is 0 Å². The van der Waals surface area contributed by atoms with Crippen LogP contribution in [0.4, 0.5) is 0 Å². The molecule has 82 valence electrons. The van der Waals surface area contributed by atoms with Crippen LogP contribution in [0.1, 0.15) is 26.2 Å². The molecule has 1 heterocycles. The summed E-state index contributed by atoms with van der Waals surface area (Å²) in [6.45, 7) is 5.87. The lowest BCUT2D eigenvalue weighted by Crippen LogP contribution is -2.48. The van der Waals surface area contributed by atoms with Gasteiger partial charge in [-0.1, -0.05) is 6.92 Å². The van der Waals surface area contributed by atoms with Crippen LogP contribution in [0.15, 0.2) is 0 Å². The molecule has 3 nitrogen and oxygen atoms in total. The highest BCUT2D eigenvalue weighted by molar-refractivity contribution is 4.91. The number of methoxy groups -OCH3 is 1. The molecule has 0 bridgehead atoms. The summed E-state index contributed by atoms with van der Waals surface area (Å²) in [7, 11) is 1.81. The average Bonchev–Trinajstić information content (AvgIpc) is 2.50. The van der Waals surface area contributed by atoms with Crippen LogP contribution >= 0.6 is 0 Å². The van der Waals surface area contributed by atoms with E-state index < -0.39 is 0 Å². The van der Waals surface area contributed by atoms with Crippen molar-refractivity contribution in [2.24, 2.45) is 5.41 Å². The smallest absolute Gasteiger partial charge is 0.0601 e. The van der Waals surface area contributed by atoms with Gasteiger partial charge in [-0.05, 0) is 31.2 Å². The standard InChI is InChI=1S/C11H22N2O/c1-11(3-4-12-7-11)8-13-9-5-10(6-9)14-2/h9-10,12-13H,3-8H2,1-2H3. The van der Waals surface area contributed by atoms with Crippen molar-refractivity contribution in [3.63, 3.8) is 0 Å². The molecule has 0 radical (unpaired) electrons. The molecule has 2 N–H and O–H groups in total. The van der Waals surface area contributed by atoms with Gasteiger partial charge >= 0.3 is 0 Å². The topological polar surface area (TPSA) is 33.3 Å². The maximum absolute atomic E-state index is 5.26. The van der Waals surface area contributed by atoms with E-state index in [2.05, 4.69) is 17.6 Å². The van der Waals surface area contributed by atoms with Gasteiger partial charge in [0.25, 0.3) is 0 Å². The van der Waals surface area contributed by atoms with Gasteiger partial charge in [0.1, 0.15) is 0 Å². The second-order valence-electron chi connectivity index (χ2n) is 5.14. The van der Waals surface area contributed by atoms with Crippen LogP contribution in [0.5, 0.6) is 0 Å². The Hall–Kier alpha value is -0.120. The quantitative estimate of drug-likeness (QED) is 0.699. The number of rotatable bonds is 4. The molecule has 1 saturated carbocycles. The van der Waals surface area contributed by atoms with E-state index in [0.717, 1.165) is 6.54 Å². The average molecular weight is 198 g/mol. The number of hydrogen-bond donors (Lipinski definition) is 2. The second kappa shape index (κ2) is 4.17. The molecule has 1 aliphatic heterocycles. The molecule has 1 unspecified atom stereocenters. The van der Waals surface area contributed by atoms with Crippen molar-refractivity contribution in [2.45, 2.75) is 38.3 Å². The van der Waals surface area contributed by atoms with Crippen LogP contribution in [0.3, 0.4) is 0 Å². The van der Waals surface area contributed by atoms with Crippen LogP contribution in [0.2, 0.25) is 0 Å². The van der Waals surface area contributed by atoms with E-state index in [9.17, 15) is 0 Å². The van der Waals surface area contributed by atoms with Gasteiger partial charge in [-0.25, -0.2) is 0 Å². The normalized spacial score (nSPS) is 42.4. The maximum atomic E-state index is 5.26. The van der Waals surface area contributed by atoms with Crippen molar-refractivity contribution in [3.8, 4) is 0 Å². The Morgan fingerprint density at radius 3 is 2.86 bits per heavy atom. The summed E-state index contributed by atoms with van der Waals surface area (Å²) in [5.41, 5.74) is 0.484. The molecule has 0 spiro atoms. The zero-order chi connectivity index (χ0) is 10.0. The van der Waals surface area contributed by atoms with Crippen molar-refractivity contribution >= 4 is 0 Å². The third-order valence-corrected chi connectivity index (χ3v) is 3.70. The van der Waals surface area contributed by atoms with E-state index in [4.69, 9.17) is 4.74 Å². The number of hydrogen-bond acceptors (Lipinski definition) is 3. The second-order valence-corrected chi connectivity index (χ2v) is 5.14. The molecule has 2 rings (SSSR count). The summed E-state index contributed by atoms with van der Waals surface area (Å²) in [6.07, 6.45) is 4.21.